The second-order valence-electron chi connectivity index (χ2n) is 5.29. The van der Waals surface area contributed by atoms with E-state index in [1.54, 1.807) is 24.3 Å². The fourth-order valence-corrected chi connectivity index (χ4v) is 2.66. The van der Waals surface area contributed by atoms with E-state index in [9.17, 15) is 14.4 Å². The van der Waals surface area contributed by atoms with Gasteiger partial charge in [-0.1, -0.05) is 48.5 Å². The number of para-hydroxylation sites is 1. The van der Waals surface area contributed by atoms with Crippen LogP contribution in [0, 0.1) is 5.92 Å². The van der Waals surface area contributed by atoms with E-state index in [2.05, 4.69) is 0 Å². The molecule has 2 aromatic carbocycles. The molecular weight excluding hydrogens is 278 g/mol. The molecule has 1 atom stereocenters. The van der Waals surface area contributed by atoms with Gasteiger partial charge in [-0.25, -0.2) is 0 Å². The first-order chi connectivity index (χ1) is 10.7. The quantitative estimate of drug-likeness (QED) is 0.811. The molecule has 0 spiro atoms. The Bertz CT molecular complexity index is 710. The van der Waals surface area contributed by atoms with Crippen LogP contribution in [0.25, 0.3) is 0 Å². The molecule has 0 aliphatic carbocycles. The highest BCUT2D eigenvalue weighted by Crippen LogP contribution is 2.24. The van der Waals surface area contributed by atoms with Gasteiger partial charge in [-0.05, 0) is 17.7 Å². The van der Waals surface area contributed by atoms with Crippen molar-refractivity contribution in [3.05, 3.63) is 66.2 Å². The number of rotatable bonds is 4. The zero-order valence-electron chi connectivity index (χ0n) is 11.9. The fourth-order valence-electron chi connectivity index (χ4n) is 2.66. The van der Waals surface area contributed by atoms with E-state index < -0.39 is 11.8 Å². The third-order valence-electron chi connectivity index (χ3n) is 3.76. The normalized spacial score (nSPS) is 17.8. The zero-order chi connectivity index (χ0) is 15.5. The van der Waals surface area contributed by atoms with E-state index in [0.29, 0.717) is 5.69 Å². The summed E-state index contributed by atoms with van der Waals surface area (Å²) in [4.78, 5) is 38.3. The van der Waals surface area contributed by atoms with Crippen molar-refractivity contribution in [1.82, 2.24) is 0 Å². The van der Waals surface area contributed by atoms with Gasteiger partial charge in [0, 0.05) is 12.1 Å². The lowest BCUT2D eigenvalue weighted by molar-refractivity contribution is -0.135. The molecule has 1 saturated heterocycles. The summed E-state index contributed by atoms with van der Waals surface area (Å²) in [5, 5.41) is 0. The molecule has 1 aliphatic rings. The van der Waals surface area contributed by atoms with Gasteiger partial charge < -0.3 is 4.90 Å². The van der Waals surface area contributed by atoms with Gasteiger partial charge in [-0.2, -0.15) is 0 Å². The third-order valence-corrected chi connectivity index (χ3v) is 3.76. The zero-order valence-corrected chi connectivity index (χ0v) is 11.9. The summed E-state index contributed by atoms with van der Waals surface area (Å²) in [6.07, 6.45) is 0.103. The van der Waals surface area contributed by atoms with E-state index in [1.165, 1.54) is 4.90 Å². The van der Waals surface area contributed by atoms with Crippen LogP contribution in [0.2, 0.25) is 0 Å². The van der Waals surface area contributed by atoms with Crippen LogP contribution >= 0.6 is 0 Å². The minimum Gasteiger partial charge on any atom is -0.304 e. The number of ketones is 2. The van der Waals surface area contributed by atoms with Crippen molar-refractivity contribution in [2.45, 2.75) is 6.42 Å². The molecule has 3 rings (SSSR count). The van der Waals surface area contributed by atoms with Gasteiger partial charge in [0.05, 0.1) is 6.54 Å². The van der Waals surface area contributed by atoms with Gasteiger partial charge in [0.15, 0.2) is 17.5 Å². The Hall–Kier alpha value is -2.75. The van der Waals surface area contributed by atoms with Gasteiger partial charge in [0.25, 0.3) is 0 Å². The van der Waals surface area contributed by atoms with Gasteiger partial charge in [-0.3, -0.25) is 14.4 Å². The Kier molecular flexibility index (Phi) is 3.83. The maximum atomic E-state index is 12.4. The number of benzene rings is 2. The molecule has 22 heavy (non-hydrogen) atoms. The minimum absolute atomic E-state index is 0.0337. The number of carbonyl (C=O) groups is 3. The molecular formula is C18H15NO3. The highest BCUT2D eigenvalue weighted by Gasteiger charge is 2.44. The number of hydrogen-bond donors (Lipinski definition) is 0. The Morgan fingerprint density at radius 3 is 2.18 bits per heavy atom. The largest absolute Gasteiger partial charge is 0.304 e. The van der Waals surface area contributed by atoms with E-state index >= 15 is 0 Å². The first kappa shape index (κ1) is 14.2. The summed E-state index contributed by atoms with van der Waals surface area (Å²) < 4.78 is 0. The van der Waals surface area contributed by atoms with Crippen molar-refractivity contribution in [2.24, 2.45) is 5.92 Å². The van der Waals surface area contributed by atoms with E-state index in [1.807, 2.05) is 36.4 Å². The lowest BCUT2D eigenvalue weighted by atomic mass is 9.96. The van der Waals surface area contributed by atoms with Crippen LogP contribution in [-0.4, -0.2) is 24.0 Å². The number of amides is 1. The summed E-state index contributed by atoms with van der Waals surface area (Å²) >= 11 is 0. The maximum absolute atomic E-state index is 12.4. The number of Topliss-reactive ketones (excluding diaryl/α,β-unsaturated/α-hetero) is 2. The number of carbonyl (C=O) groups excluding carboxylic acids is 3. The lowest BCUT2D eigenvalue weighted by Gasteiger charge is -2.15. The van der Waals surface area contributed by atoms with Crippen LogP contribution in [0.15, 0.2) is 60.7 Å². The van der Waals surface area contributed by atoms with Crippen LogP contribution in [0.3, 0.4) is 0 Å². The fraction of sp³-hybridized carbons (Fsp3) is 0.167. The Labute approximate surface area is 128 Å². The maximum Gasteiger partial charge on any atom is 0.245 e. The van der Waals surface area contributed by atoms with E-state index in [4.69, 9.17) is 0 Å². The molecule has 110 valence electrons. The highest BCUT2D eigenvalue weighted by atomic mass is 16.2. The molecule has 4 heteroatoms. The highest BCUT2D eigenvalue weighted by molar-refractivity contribution is 6.29. The molecule has 4 nitrogen and oxygen atoms in total. The topological polar surface area (TPSA) is 54.5 Å². The van der Waals surface area contributed by atoms with Crippen molar-refractivity contribution < 1.29 is 14.4 Å². The number of hydrogen-bond acceptors (Lipinski definition) is 3. The number of anilines is 1. The molecule has 1 amide bonds. The number of nitrogens with zero attached hydrogens (tertiary/aromatic N) is 1. The van der Waals surface area contributed by atoms with Crippen LogP contribution in [0.1, 0.15) is 5.56 Å². The van der Waals surface area contributed by atoms with Crippen molar-refractivity contribution in [1.29, 1.82) is 0 Å². The average Bonchev–Trinajstić information content (AvgIpc) is 2.84. The Balaban J connectivity index is 1.78. The van der Waals surface area contributed by atoms with Crippen LogP contribution in [-0.2, 0) is 20.8 Å². The lowest BCUT2D eigenvalue weighted by Crippen LogP contribution is -2.31. The van der Waals surface area contributed by atoms with Gasteiger partial charge >= 0.3 is 0 Å². The van der Waals surface area contributed by atoms with Crippen LogP contribution in [0.4, 0.5) is 5.69 Å². The molecule has 1 aliphatic heterocycles. The van der Waals surface area contributed by atoms with Gasteiger partial charge in [0.2, 0.25) is 5.91 Å². The van der Waals surface area contributed by atoms with Crippen molar-refractivity contribution >= 4 is 23.2 Å². The molecule has 0 bridgehead atoms. The standard InChI is InChI=1S/C18H15NO3/c20-15(11-13-7-3-1-4-8-13)17-16(21)12-19(18(17)22)14-9-5-2-6-10-14/h1-10,17H,11-12H2. The molecule has 0 N–H and O–H groups in total. The molecule has 0 aromatic heterocycles. The Morgan fingerprint density at radius 2 is 1.55 bits per heavy atom. The SMILES string of the molecule is O=C(Cc1ccccc1)C1C(=O)CN(c2ccccc2)C1=O. The van der Waals surface area contributed by atoms with Crippen LogP contribution in [0.5, 0.6) is 0 Å². The Morgan fingerprint density at radius 1 is 0.955 bits per heavy atom. The molecule has 1 heterocycles. The molecule has 1 fully saturated rings. The van der Waals surface area contributed by atoms with Crippen LogP contribution < -0.4 is 4.90 Å². The van der Waals surface area contributed by atoms with E-state index in [0.717, 1.165) is 5.56 Å². The molecule has 2 aromatic rings. The molecule has 0 saturated carbocycles. The monoisotopic (exact) mass is 293 g/mol. The second kappa shape index (κ2) is 5.93. The first-order valence-electron chi connectivity index (χ1n) is 7.12. The first-order valence-corrected chi connectivity index (χ1v) is 7.12. The summed E-state index contributed by atoms with van der Waals surface area (Å²) in [5.74, 6) is -2.24. The van der Waals surface area contributed by atoms with Gasteiger partial charge in [-0.15, -0.1) is 0 Å². The minimum atomic E-state index is -1.17. The summed E-state index contributed by atoms with van der Waals surface area (Å²) in [5.41, 5.74) is 1.46. The summed E-state index contributed by atoms with van der Waals surface area (Å²) in [6.45, 7) is -0.0337. The molecule has 1 unspecified atom stereocenters. The van der Waals surface area contributed by atoms with Crippen molar-refractivity contribution in [2.75, 3.05) is 11.4 Å². The third kappa shape index (κ3) is 2.68. The predicted molar refractivity (Wildman–Crippen MR) is 82.4 cm³/mol. The smallest absolute Gasteiger partial charge is 0.245 e. The summed E-state index contributed by atoms with van der Waals surface area (Å²) in [6, 6.07) is 18.1. The van der Waals surface area contributed by atoms with Crippen molar-refractivity contribution in [3.63, 3.8) is 0 Å². The van der Waals surface area contributed by atoms with Crippen molar-refractivity contribution in [3.8, 4) is 0 Å². The second-order valence-corrected chi connectivity index (χ2v) is 5.29. The van der Waals surface area contributed by atoms with Gasteiger partial charge in [0.1, 0.15) is 0 Å². The summed E-state index contributed by atoms with van der Waals surface area (Å²) in [7, 11) is 0. The predicted octanol–water partition coefficient (Wildman–Crippen LogP) is 2.03. The molecule has 0 radical (unpaired) electrons. The average molecular weight is 293 g/mol. The van der Waals surface area contributed by atoms with E-state index in [-0.39, 0.29) is 24.5 Å².